The second-order valence-electron chi connectivity index (χ2n) is 9.89. The number of rotatable bonds is 9. The van der Waals surface area contributed by atoms with E-state index in [1.54, 1.807) is 0 Å². The molecule has 1 aromatic heterocycles. The van der Waals surface area contributed by atoms with Crippen molar-refractivity contribution in [1.29, 1.82) is 0 Å². The van der Waals surface area contributed by atoms with Gasteiger partial charge in [0.15, 0.2) is 0 Å². The highest BCUT2D eigenvalue weighted by Crippen LogP contribution is 2.26. The Kier molecular flexibility index (Phi) is 7.44. The van der Waals surface area contributed by atoms with Gasteiger partial charge in [-0.2, -0.15) is 0 Å². The molecule has 0 saturated carbocycles. The molecule has 0 aliphatic heterocycles. The average Bonchev–Trinajstić information content (AvgIpc) is 2.82. The maximum absolute atomic E-state index is 4.47. The van der Waals surface area contributed by atoms with Crippen LogP contribution in [0.3, 0.4) is 0 Å². The van der Waals surface area contributed by atoms with Crippen LogP contribution in [0.5, 0.6) is 0 Å². The van der Waals surface area contributed by atoms with Gasteiger partial charge >= 0.3 is 0 Å². The standard InChI is InChI=1S/C31H36N2/c1-23(2)16-19-33(20-17-24(3)4)29-14-13-27-21-25(10-12-28(27)22-29)9-11-26-15-18-32-31-8-6-5-7-30(26)31/h5-15,18,21-24H,16-17,19-20H2,1-4H3/b11-9+. The van der Waals surface area contributed by atoms with Crippen molar-refractivity contribution in [3.05, 3.63) is 84.1 Å². The Balaban J connectivity index is 1.57. The molecule has 170 valence electrons. The molecule has 0 atom stereocenters. The maximum Gasteiger partial charge on any atom is 0.0707 e. The second-order valence-corrected chi connectivity index (χ2v) is 9.89. The molecule has 2 heteroatoms. The molecule has 0 radical (unpaired) electrons. The SMILES string of the molecule is CC(C)CCN(CCC(C)C)c1ccc2cc(/C=C/c3ccnc4ccccc34)ccc2c1. The van der Waals surface area contributed by atoms with Gasteiger partial charge in [0.1, 0.15) is 0 Å². The first-order valence-corrected chi connectivity index (χ1v) is 12.3. The van der Waals surface area contributed by atoms with Gasteiger partial charge in [-0.25, -0.2) is 0 Å². The largest absolute Gasteiger partial charge is 0.371 e. The van der Waals surface area contributed by atoms with Gasteiger partial charge in [-0.05, 0) is 76.9 Å². The van der Waals surface area contributed by atoms with Crippen LogP contribution in [-0.4, -0.2) is 18.1 Å². The lowest BCUT2D eigenvalue weighted by Crippen LogP contribution is -2.27. The minimum absolute atomic E-state index is 0.721. The van der Waals surface area contributed by atoms with E-state index in [1.807, 2.05) is 12.3 Å². The number of anilines is 1. The molecule has 3 aromatic carbocycles. The molecule has 1 heterocycles. The summed E-state index contributed by atoms with van der Waals surface area (Å²) in [6.07, 6.45) is 8.73. The summed E-state index contributed by atoms with van der Waals surface area (Å²) in [5, 5.41) is 3.77. The molecule has 33 heavy (non-hydrogen) atoms. The van der Waals surface area contributed by atoms with Gasteiger partial charge in [-0.1, -0.05) is 76.2 Å². The van der Waals surface area contributed by atoms with Crippen LogP contribution in [0.4, 0.5) is 5.69 Å². The zero-order valence-electron chi connectivity index (χ0n) is 20.5. The number of fused-ring (bicyclic) bond motifs is 2. The van der Waals surface area contributed by atoms with Crippen LogP contribution in [0.15, 0.2) is 72.9 Å². The molecule has 0 spiro atoms. The van der Waals surface area contributed by atoms with Crippen LogP contribution in [0.2, 0.25) is 0 Å². The lowest BCUT2D eigenvalue weighted by molar-refractivity contribution is 0.535. The van der Waals surface area contributed by atoms with E-state index in [0.29, 0.717) is 0 Å². The van der Waals surface area contributed by atoms with Crippen molar-refractivity contribution >= 4 is 39.5 Å². The first-order chi connectivity index (χ1) is 16.0. The average molecular weight is 437 g/mol. The van der Waals surface area contributed by atoms with Crippen LogP contribution in [-0.2, 0) is 0 Å². The van der Waals surface area contributed by atoms with Crippen LogP contribution in [0.1, 0.15) is 51.7 Å². The van der Waals surface area contributed by atoms with Gasteiger partial charge in [0.25, 0.3) is 0 Å². The molecule has 0 bridgehead atoms. The quantitative estimate of drug-likeness (QED) is 0.261. The number of benzene rings is 3. The summed E-state index contributed by atoms with van der Waals surface area (Å²) in [7, 11) is 0. The summed E-state index contributed by atoms with van der Waals surface area (Å²) >= 11 is 0. The summed E-state index contributed by atoms with van der Waals surface area (Å²) in [5.41, 5.74) is 4.79. The normalized spacial score (nSPS) is 11.9. The predicted octanol–water partition coefficient (Wildman–Crippen LogP) is 8.46. The van der Waals surface area contributed by atoms with Crippen molar-refractivity contribution in [2.45, 2.75) is 40.5 Å². The van der Waals surface area contributed by atoms with E-state index in [2.05, 4.69) is 110 Å². The van der Waals surface area contributed by atoms with Gasteiger partial charge in [0, 0.05) is 30.4 Å². The Labute approximate surface area is 199 Å². The number of nitrogens with zero attached hydrogens (tertiary/aromatic N) is 2. The molecule has 0 amide bonds. The molecule has 0 N–H and O–H groups in total. The number of para-hydroxylation sites is 1. The van der Waals surface area contributed by atoms with Gasteiger partial charge in [0.2, 0.25) is 0 Å². The monoisotopic (exact) mass is 436 g/mol. The van der Waals surface area contributed by atoms with Gasteiger partial charge in [-0.3, -0.25) is 4.98 Å². The third-order valence-electron chi connectivity index (χ3n) is 6.30. The lowest BCUT2D eigenvalue weighted by atomic mass is 10.0. The van der Waals surface area contributed by atoms with E-state index in [9.17, 15) is 0 Å². The fourth-order valence-corrected chi connectivity index (χ4v) is 4.20. The smallest absolute Gasteiger partial charge is 0.0707 e. The highest BCUT2D eigenvalue weighted by molar-refractivity contribution is 5.92. The molecule has 4 aromatic rings. The van der Waals surface area contributed by atoms with E-state index in [-0.39, 0.29) is 0 Å². The lowest BCUT2D eigenvalue weighted by Gasteiger charge is -2.27. The molecular formula is C31H36N2. The zero-order valence-corrected chi connectivity index (χ0v) is 20.5. The summed E-state index contributed by atoms with van der Waals surface area (Å²) in [4.78, 5) is 7.04. The summed E-state index contributed by atoms with van der Waals surface area (Å²) in [6, 6.07) is 24.1. The number of hydrogen-bond donors (Lipinski definition) is 0. The first-order valence-electron chi connectivity index (χ1n) is 12.3. The fraction of sp³-hybridized carbons (Fsp3) is 0.323. The minimum atomic E-state index is 0.721. The number of hydrogen-bond acceptors (Lipinski definition) is 2. The molecule has 4 rings (SSSR count). The van der Waals surface area contributed by atoms with Gasteiger partial charge in [-0.15, -0.1) is 0 Å². The molecule has 0 unspecified atom stereocenters. The third-order valence-corrected chi connectivity index (χ3v) is 6.30. The van der Waals surface area contributed by atoms with Crippen molar-refractivity contribution in [2.75, 3.05) is 18.0 Å². The van der Waals surface area contributed by atoms with E-state index in [1.165, 1.54) is 45.8 Å². The Morgan fingerprint density at radius 1 is 0.758 bits per heavy atom. The van der Waals surface area contributed by atoms with E-state index in [0.717, 1.165) is 30.4 Å². The van der Waals surface area contributed by atoms with Crippen LogP contribution in [0.25, 0.3) is 33.8 Å². The predicted molar refractivity (Wildman–Crippen MR) is 146 cm³/mol. The van der Waals surface area contributed by atoms with Crippen LogP contribution in [0, 0.1) is 11.8 Å². The summed E-state index contributed by atoms with van der Waals surface area (Å²) in [5.74, 6) is 1.44. The summed E-state index contributed by atoms with van der Waals surface area (Å²) in [6.45, 7) is 11.5. The number of aromatic nitrogens is 1. The van der Waals surface area contributed by atoms with Crippen molar-refractivity contribution in [1.82, 2.24) is 4.98 Å². The van der Waals surface area contributed by atoms with Crippen molar-refractivity contribution in [3.8, 4) is 0 Å². The zero-order chi connectivity index (χ0) is 23.2. The Bertz CT molecular complexity index is 1220. The van der Waals surface area contributed by atoms with E-state index in [4.69, 9.17) is 0 Å². The molecule has 2 nitrogen and oxygen atoms in total. The molecular weight excluding hydrogens is 400 g/mol. The third kappa shape index (κ3) is 6.01. The summed E-state index contributed by atoms with van der Waals surface area (Å²) < 4.78 is 0. The number of pyridine rings is 1. The minimum Gasteiger partial charge on any atom is -0.371 e. The maximum atomic E-state index is 4.47. The van der Waals surface area contributed by atoms with E-state index < -0.39 is 0 Å². The Hall–Kier alpha value is -3.13. The first kappa shape index (κ1) is 23.0. The molecule has 0 aliphatic rings. The Morgan fingerprint density at radius 3 is 2.21 bits per heavy atom. The van der Waals surface area contributed by atoms with Crippen molar-refractivity contribution < 1.29 is 0 Å². The molecule has 0 saturated heterocycles. The van der Waals surface area contributed by atoms with Crippen LogP contribution < -0.4 is 4.90 Å². The topological polar surface area (TPSA) is 16.1 Å². The highest BCUT2D eigenvalue weighted by atomic mass is 15.1. The van der Waals surface area contributed by atoms with Gasteiger partial charge < -0.3 is 4.90 Å². The van der Waals surface area contributed by atoms with Gasteiger partial charge in [0.05, 0.1) is 5.52 Å². The molecule has 0 fully saturated rings. The van der Waals surface area contributed by atoms with Crippen LogP contribution >= 0.6 is 0 Å². The van der Waals surface area contributed by atoms with Crippen molar-refractivity contribution in [3.63, 3.8) is 0 Å². The Morgan fingerprint density at radius 2 is 1.45 bits per heavy atom. The highest BCUT2D eigenvalue weighted by Gasteiger charge is 2.10. The van der Waals surface area contributed by atoms with E-state index >= 15 is 0 Å². The fourth-order valence-electron chi connectivity index (χ4n) is 4.20. The second kappa shape index (κ2) is 10.7. The van der Waals surface area contributed by atoms with Crippen molar-refractivity contribution in [2.24, 2.45) is 11.8 Å². The molecule has 0 aliphatic carbocycles.